The van der Waals surface area contributed by atoms with Crippen LogP contribution in [0, 0.1) is 0 Å². The van der Waals surface area contributed by atoms with Gasteiger partial charge in [0.05, 0.1) is 12.2 Å². The van der Waals surface area contributed by atoms with Crippen LogP contribution in [0.1, 0.15) is 38.5 Å². The fourth-order valence-corrected chi connectivity index (χ4v) is 3.43. The topological polar surface area (TPSA) is 41.6 Å². The Morgan fingerprint density at radius 3 is 2.64 bits per heavy atom. The van der Waals surface area contributed by atoms with Crippen LogP contribution < -0.4 is 5.32 Å². The molecular weight excluding hydrogens is 300 g/mol. The maximum absolute atomic E-state index is 11.2. The van der Waals surface area contributed by atoms with Gasteiger partial charge in [-0.25, -0.2) is 0 Å². The number of rotatable bonds is 5. The molecule has 4 nitrogen and oxygen atoms in total. The number of nitrogens with zero attached hydrogens (tertiary/aromatic N) is 1. The lowest BCUT2D eigenvalue weighted by Gasteiger charge is -2.42. The molecule has 1 heterocycles. The van der Waals surface area contributed by atoms with E-state index in [0.29, 0.717) is 6.10 Å². The summed E-state index contributed by atoms with van der Waals surface area (Å²) in [5, 5.41) is 2.77. The summed E-state index contributed by atoms with van der Waals surface area (Å²) in [7, 11) is 0. The molecule has 1 aliphatic heterocycles. The maximum atomic E-state index is 11.2. The third-order valence-corrected chi connectivity index (χ3v) is 5.14. The first-order valence-electron chi connectivity index (χ1n) is 8.38. The average molecular weight is 325 g/mol. The molecule has 122 valence electrons. The Bertz CT molecular complexity index is 452. The number of amides is 1. The van der Waals surface area contributed by atoms with Crippen LogP contribution >= 0.6 is 11.6 Å². The van der Waals surface area contributed by atoms with E-state index in [0.717, 1.165) is 31.0 Å². The average Bonchev–Trinajstić information content (AvgIpc) is 2.49. The van der Waals surface area contributed by atoms with Gasteiger partial charge in [-0.15, -0.1) is 11.6 Å². The van der Waals surface area contributed by atoms with Crippen LogP contribution in [0.5, 0.6) is 0 Å². The van der Waals surface area contributed by atoms with E-state index < -0.39 is 0 Å². The number of carbonyl (C=O) groups excluding carboxylic acids is 1. The molecule has 1 N–H and O–H groups in total. The second kappa shape index (κ2) is 7.62. The molecule has 0 aromatic heterocycles. The molecule has 1 saturated heterocycles. The van der Waals surface area contributed by atoms with Crippen molar-refractivity contribution in [1.29, 1.82) is 0 Å². The minimum atomic E-state index is -0.166. The first kappa shape index (κ1) is 16.0. The van der Waals surface area contributed by atoms with E-state index in [2.05, 4.69) is 10.2 Å². The van der Waals surface area contributed by atoms with Gasteiger partial charge in [0.1, 0.15) is 5.88 Å². The van der Waals surface area contributed by atoms with Crippen LogP contribution in [0.25, 0.3) is 0 Å². The van der Waals surface area contributed by atoms with E-state index in [9.17, 15) is 4.79 Å². The molecule has 0 aromatic rings. The number of carbonyl (C=O) groups is 1. The fraction of sp³-hybridized carbons (Fsp3) is 0.706. The number of alkyl halides is 1. The molecule has 1 saturated carbocycles. The Labute approximate surface area is 137 Å². The highest BCUT2D eigenvalue weighted by Crippen LogP contribution is 2.28. The molecule has 0 spiro atoms. The zero-order valence-electron chi connectivity index (χ0n) is 13.0. The number of piperidine rings is 1. The summed E-state index contributed by atoms with van der Waals surface area (Å²) in [6.07, 6.45) is 13.8. The van der Waals surface area contributed by atoms with Crippen LogP contribution in [0.3, 0.4) is 0 Å². The van der Waals surface area contributed by atoms with Crippen LogP contribution in [0.15, 0.2) is 23.9 Å². The highest BCUT2D eigenvalue weighted by Gasteiger charge is 2.29. The Morgan fingerprint density at radius 1 is 1.32 bits per heavy atom. The summed E-state index contributed by atoms with van der Waals surface area (Å²) in [6.45, 7) is 2.36. The number of ether oxygens (including phenoxy) is 1. The molecule has 5 heteroatoms. The number of likely N-dealkylation sites (tertiary alicyclic amines) is 1. The molecule has 3 aliphatic rings. The van der Waals surface area contributed by atoms with Crippen molar-refractivity contribution < 1.29 is 9.53 Å². The van der Waals surface area contributed by atoms with Crippen molar-refractivity contribution in [3.05, 3.63) is 23.9 Å². The largest absolute Gasteiger partial charge is 0.370 e. The molecule has 3 rings (SSSR count). The van der Waals surface area contributed by atoms with Gasteiger partial charge >= 0.3 is 0 Å². The monoisotopic (exact) mass is 324 g/mol. The fourth-order valence-electron chi connectivity index (χ4n) is 3.36. The van der Waals surface area contributed by atoms with E-state index >= 15 is 0 Å². The lowest BCUT2D eigenvalue weighted by Crippen LogP contribution is -2.46. The third-order valence-electron chi connectivity index (χ3n) is 4.90. The Hall–Kier alpha value is -0.840. The van der Waals surface area contributed by atoms with E-state index in [1.807, 2.05) is 18.2 Å². The van der Waals surface area contributed by atoms with E-state index in [1.54, 1.807) is 0 Å². The van der Waals surface area contributed by atoms with E-state index in [1.165, 1.54) is 32.4 Å². The molecule has 1 atom stereocenters. The second-order valence-corrected chi connectivity index (χ2v) is 6.70. The van der Waals surface area contributed by atoms with Gasteiger partial charge in [0.2, 0.25) is 5.91 Å². The van der Waals surface area contributed by atoms with Crippen molar-refractivity contribution in [2.75, 3.05) is 19.0 Å². The molecule has 2 fully saturated rings. The Kier molecular flexibility index (Phi) is 5.55. The summed E-state index contributed by atoms with van der Waals surface area (Å²) in [5.74, 6) is -0.176. The lowest BCUT2D eigenvalue weighted by atomic mass is 9.89. The zero-order valence-corrected chi connectivity index (χ0v) is 13.7. The molecular formula is C17H25ClN2O2. The normalized spacial score (nSPS) is 27.3. The smallest absolute Gasteiger partial charge is 0.239 e. The quantitative estimate of drug-likeness (QED) is 0.790. The van der Waals surface area contributed by atoms with E-state index in [-0.39, 0.29) is 17.9 Å². The molecule has 22 heavy (non-hydrogen) atoms. The minimum absolute atomic E-state index is 0.00925. The molecule has 0 bridgehead atoms. The summed E-state index contributed by atoms with van der Waals surface area (Å²) >= 11 is 5.49. The molecule has 1 amide bonds. The van der Waals surface area contributed by atoms with Gasteiger partial charge in [-0.2, -0.15) is 0 Å². The van der Waals surface area contributed by atoms with Gasteiger partial charge in [0.15, 0.2) is 0 Å². The summed E-state index contributed by atoms with van der Waals surface area (Å²) in [5.41, 5.74) is 0.824. The van der Waals surface area contributed by atoms with Crippen LogP contribution in [-0.4, -0.2) is 48.0 Å². The zero-order chi connectivity index (χ0) is 15.4. The van der Waals surface area contributed by atoms with Gasteiger partial charge in [0, 0.05) is 24.8 Å². The summed E-state index contributed by atoms with van der Waals surface area (Å²) < 4.78 is 6.19. The van der Waals surface area contributed by atoms with Gasteiger partial charge in [-0.1, -0.05) is 18.6 Å². The van der Waals surface area contributed by atoms with Crippen LogP contribution in [0.4, 0.5) is 0 Å². The number of hydrogen-bond acceptors (Lipinski definition) is 3. The number of allylic oxidation sites excluding steroid dienone is 1. The van der Waals surface area contributed by atoms with Gasteiger partial charge in [-0.3, -0.25) is 4.79 Å². The van der Waals surface area contributed by atoms with Gasteiger partial charge in [0.25, 0.3) is 0 Å². The highest BCUT2D eigenvalue weighted by atomic mass is 35.5. The second-order valence-electron chi connectivity index (χ2n) is 6.43. The van der Waals surface area contributed by atoms with E-state index in [4.69, 9.17) is 16.3 Å². The van der Waals surface area contributed by atoms with Crippen molar-refractivity contribution in [3.63, 3.8) is 0 Å². The first-order chi connectivity index (χ1) is 10.7. The minimum Gasteiger partial charge on any atom is -0.370 e. The highest BCUT2D eigenvalue weighted by molar-refractivity contribution is 6.27. The van der Waals surface area contributed by atoms with Crippen molar-refractivity contribution in [3.8, 4) is 0 Å². The Morgan fingerprint density at radius 2 is 2.09 bits per heavy atom. The Balaban J connectivity index is 1.38. The standard InChI is InChI=1S/C17H25ClN2O2/c18-12-17(21)19-13-4-6-15(7-5-13)22-16-8-10-20(11-9-16)14-2-1-3-14/h4-6,14-16H,1-3,7-12H2,(H,19,21). The lowest BCUT2D eigenvalue weighted by molar-refractivity contribution is -0.117. The molecule has 0 aromatic carbocycles. The number of halogens is 1. The predicted octanol–water partition coefficient (Wildman–Crippen LogP) is 2.59. The number of nitrogens with one attached hydrogen (secondary N) is 1. The SMILES string of the molecule is O=C(CCl)NC1=CCC(OC2CCN(C3CCC3)CC2)C=C1. The summed E-state index contributed by atoms with van der Waals surface area (Å²) in [6, 6.07) is 0.853. The third kappa shape index (κ3) is 4.12. The van der Waals surface area contributed by atoms with Gasteiger partial charge in [-0.05, 0) is 38.2 Å². The van der Waals surface area contributed by atoms with Crippen molar-refractivity contribution in [2.45, 2.75) is 56.8 Å². The predicted molar refractivity (Wildman–Crippen MR) is 87.8 cm³/mol. The number of hydrogen-bond donors (Lipinski definition) is 1. The van der Waals surface area contributed by atoms with Crippen LogP contribution in [-0.2, 0) is 9.53 Å². The van der Waals surface area contributed by atoms with Crippen LogP contribution in [0.2, 0.25) is 0 Å². The molecule has 0 radical (unpaired) electrons. The van der Waals surface area contributed by atoms with Crippen molar-refractivity contribution in [1.82, 2.24) is 10.2 Å². The van der Waals surface area contributed by atoms with Crippen molar-refractivity contribution in [2.24, 2.45) is 0 Å². The maximum Gasteiger partial charge on any atom is 0.239 e. The summed E-state index contributed by atoms with van der Waals surface area (Å²) in [4.78, 5) is 13.9. The molecule has 2 aliphatic carbocycles. The molecule has 1 unspecified atom stereocenters. The van der Waals surface area contributed by atoms with Crippen molar-refractivity contribution >= 4 is 17.5 Å². The first-order valence-corrected chi connectivity index (χ1v) is 8.92. The van der Waals surface area contributed by atoms with Gasteiger partial charge < -0.3 is 15.0 Å².